The van der Waals surface area contributed by atoms with Crippen LogP contribution >= 0.6 is 0 Å². The molecule has 2 heterocycles. The second-order valence-corrected chi connectivity index (χ2v) is 4.36. The van der Waals surface area contributed by atoms with Crippen molar-refractivity contribution in [2.24, 2.45) is 0 Å². The van der Waals surface area contributed by atoms with Crippen molar-refractivity contribution in [3.05, 3.63) is 36.7 Å². The molecule has 0 spiro atoms. The Kier molecular flexibility index (Phi) is 3.62. The molecule has 1 atom stereocenters. The van der Waals surface area contributed by atoms with Gasteiger partial charge >= 0.3 is 5.97 Å². The molecule has 1 aliphatic rings. The summed E-state index contributed by atoms with van der Waals surface area (Å²) >= 11 is 0. The highest BCUT2D eigenvalue weighted by Crippen LogP contribution is 2.27. The smallest absolute Gasteiger partial charge is 0.333 e. The van der Waals surface area contributed by atoms with Crippen LogP contribution in [0.15, 0.2) is 31.1 Å². The van der Waals surface area contributed by atoms with E-state index < -0.39 is 0 Å². The number of hydrogen-bond donors (Lipinski definition) is 1. The first-order valence-electron chi connectivity index (χ1n) is 5.80. The van der Waals surface area contributed by atoms with Crippen molar-refractivity contribution in [2.45, 2.75) is 25.5 Å². The first kappa shape index (κ1) is 12.6. The van der Waals surface area contributed by atoms with Gasteiger partial charge in [0.05, 0.1) is 19.3 Å². The van der Waals surface area contributed by atoms with Crippen LogP contribution in [0.3, 0.4) is 0 Å². The van der Waals surface area contributed by atoms with Crippen molar-refractivity contribution in [1.29, 1.82) is 0 Å². The third-order valence-electron chi connectivity index (χ3n) is 2.88. The number of cyclic esters (lactones) is 1. The number of aliphatic hydroxyl groups excluding tert-OH is 1. The summed E-state index contributed by atoms with van der Waals surface area (Å²) in [6, 6.07) is 0. The normalized spacial score (nSPS) is 19.1. The zero-order chi connectivity index (χ0) is 13.1. The van der Waals surface area contributed by atoms with Crippen LogP contribution in [-0.4, -0.2) is 33.6 Å². The van der Waals surface area contributed by atoms with Crippen LogP contribution in [0.2, 0.25) is 0 Å². The van der Waals surface area contributed by atoms with Crippen molar-refractivity contribution in [1.82, 2.24) is 9.78 Å². The average Bonchev–Trinajstić information content (AvgIpc) is 2.88. The molecule has 1 unspecified atom stereocenters. The third kappa shape index (κ3) is 2.68. The number of rotatable bonds is 5. The minimum atomic E-state index is -0.316. The number of aromatic nitrogens is 2. The van der Waals surface area contributed by atoms with E-state index in [0.717, 1.165) is 11.1 Å². The molecular formula is C13H16N2O3. The third-order valence-corrected chi connectivity index (χ3v) is 2.88. The van der Waals surface area contributed by atoms with E-state index in [4.69, 9.17) is 9.84 Å². The Morgan fingerprint density at radius 1 is 1.67 bits per heavy atom. The van der Waals surface area contributed by atoms with Crippen LogP contribution in [0.1, 0.15) is 18.4 Å². The first-order valence-corrected chi connectivity index (χ1v) is 5.80. The molecule has 1 saturated heterocycles. The summed E-state index contributed by atoms with van der Waals surface area (Å²) in [7, 11) is 0. The molecule has 1 fully saturated rings. The lowest BCUT2D eigenvalue weighted by Gasteiger charge is -2.09. The van der Waals surface area contributed by atoms with Gasteiger partial charge in [0.1, 0.15) is 6.10 Å². The van der Waals surface area contributed by atoms with Crippen LogP contribution in [0, 0.1) is 0 Å². The molecule has 0 amide bonds. The van der Waals surface area contributed by atoms with E-state index in [2.05, 4.69) is 18.3 Å². The quantitative estimate of drug-likeness (QED) is 0.627. The van der Waals surface area contributed by atoms with E-state index in [1.165, 1.54) is 0 Å². The molecule has 0 aliphatic carbocycles. The van der Waals surface area contributed by atoms with Crippen molar-refractivity contribution < 1.29 is 14.6 Å². The Hall–Kier alpha value is -1.88. The van der Waals surface area contributed by atoms with E-state index in [1.54, 1.807) is 10.9 Å². The summed E-state index contributed by atoms with van der Waals surface area (Å²) in [4.78, 5) is 11.2. The second kappa shape index (κ2) is 5.18. The Labute approximate surface area is 105 Å². The Balaban J connectivity index is 1.95. The number of nitrogens with zero attached hydrogens (tertiary/aromatic N) is 2. The maximum absolute atomic E-state index is 11.2. The number of aliphatic hydroxyl groups is 1. The molecule has 1 N–H and O–H groups in total. The molecule has 1 aromatic heterocycles. The summed E-state index contributed by atoms with van der Waals surface area (Å²) in [6.07, 6.45) is 4.49. The number of hydrogen-bond acceptors (Lipinski definition) is 4. The van der Waals surface area contributed by atoms with Gasteiger partial charge in [-0.1, -0.05) is 13.2 Å². The SMILES string of the molecule is C=C1CC(CC(=C)c2cnn(CCO)c2)OC1=O. The molecule has 0 aromatic carbocycles. The Morgan fingerprint density at radius 3 is 3.06 bits per heavy atom. The van der Waals surface area contributed by atoms with Crippen molar-refractivity contribution in [3.8, 4) is 0 Å². The standard InChI is InChI=1S/C13H16N2O3/c1-9(5-12-6-10(2)13(17)18-12)11-7-14-15(8-11)3-4-16/h7-8,12,16H,1-6H2. The monoisotopic (exact) mass is 248 g/mol. The Morgan fingerprint density at radius 2 is 2.44 bits per heavy atom. The summed E-state index contributed by atoms with van der Waals surface area (Å²) < 4.78 is 6.81. The number of carbonyl (C=O) groups is 1. The predicted molar refractivity (Wildman–Crippen MR) is 66.6 cm³/mol. The van der Waals surface area contributed by atoms with Gasteiger partial charge in [-0.25, -0.2) is 4.79 Å². The van der Waals surface area contributed by atoms with E-state index in [-0.39, 0.29) is 18.7 Å². The fourth-order valence-corrected chi connectivity index (χ4v) is 1.91. The molecule has 18 heavy (non-hydrogen) atoms. The largest absolute Gasteiger partial charge is 0.458 e. The van der Waals surface area contributed by atoms with Crippen LogP contribution in [0.4, 0.5) is 0 Å². The fraction of sp³-hybridized carbons (Fsp3) is 0.385. The van der Waals surface area contributed by atoms with E-state index in [9.17, 15) is 4.79 Å². The summed E-state index contributed by atoms with van der Waals surface area (Å²) in [5, 5.41) is 12.9. The zero-order valence-corrected chi connectivity index (χ0v) is 10.1. The highest BCUT2D eigenvalue weighted by atomic mass is 16.5. The maximum Gasteiger partial charge on any atom is 0.333 e. The van der Waals surface area contributed by atoms with E-state index in [0.29, 0.717) is 25.0 Å². The van der Waals surface area contributed by atoms with Gasteiger partial charge in [0.15, 0.2) is 0 Å². The number of carbonyl (C=O) groups excluding carboxylic acids is 1. The van der Waals surface area contributed by atoms with Gasteiger partial charge in [-0.3, -0.25) is 4.68 Å². The highest BCUT2D eigenvalue weighted by Gasteiger charge is 2.27. The minimum absolute atomic E-state index is 0.0493. The summed E-state index contributed by atoms with van der Waals surface area (Å²) in [5.74, 6) is -0.316. The molecule has 0 radical (unpaired) electrons. The topological polar surface area (TPSA) is 64.3 Å². The van der Waals surface area contributed by atoms with Gasteiger partial charge in [-0.05, 0) is 5.57 Å². The maximum atomic E-state index is 11.2. The van der Waals surface area contributed by atoms with Gasteiger partial charge in [0.2, 0.25) is 0 Å². The lowest BCUT2D eigenvalue weighted by atomic mass is 10.0. The van der Waals surface area contributed by atoms with Gasteiger partial charge in [-0.15, -0.1) is 0 Å². The molecule has 1 aliphatic heterocycles. The molecular weight excluding hydrogens is 232 g/mol. The molecule has 96 valence electrons. The summed E-state index contributed by atoms with van der Waals surface area (Å²) in [6.45, 7) is 8.13. The molecule has 0 bridgehead atoms. The lowest BCUT2D eigenvalue weighted by molar-refractivity contribution is -0.138. The van der Waals surface area contributed by atoms with Crippen molar-refractivity contribution in [3.63, 3.8) is 0 Å². The van der Waals surface area contributed by atoms with Gasteiger partial charge in [-0.2, -0.15) is 5.10 Å². The first-order chi connectivity index (χ1) is 8.60. The Bertz CT molecular complexity index is 474. The predicted octanol–water partition coefficient (Wildman–Crippen LogP) is 1.15. The molecule has 1 aromatic rings. The van der Waals surface area contributed by atoms with E-state index in [1.807, 2.05) is 6.20 Å². The molecule has 0 saturated carbocycles. The van der Waals surface area contributed by atoms with Crippen molar-refractivity contribution >= 4 is 11.5 Å². The van der Waals surface area contributed by atoms with Gasteiger partial charge in [0.25, 0.3) is 0 Å². The average molecular weight is 248 g/mol. The summed E-state index contributed by atoms with van der Waals surface area (Å²) in [5.41, 5.74) is 2.28. The number of ether oxygens (including phenoxy) is 1. The fourth-order valence-electron chi connectivity index (χ4n) is 1.91. The molecule has 5 heteroatoms. The van der Waals surface area contributed by atoms with E-state index >= 15 is 0 Å². The second-order valence-electron chi connectivity index (χ2n) is 4.36. The molecule has 5 nitrogen and oxygen atoms in total. The minimum Gasteiger partial charge on any atom is -0.458 e. The van der Waals surface area contributed by atoms with Crippen LogP contribution < -0.4 is 0 Å². The number of esters is 1. The van der Waals surface area contributed by atoms with Crippen LogP contribution in [0.5, 0.6) is 0 Å². The van der Waals surface area contributed by atoms with Gasteiger partial charge < -0.3 is 9.84 Å². The van der Waals surface area contributed by atoms with Gasteiger partial charge in [0, 0.05) is 30.2 Å². The van der Waals surface area contributed by atoms with Crippen LogP contribution in [-0.2, 0) is 16.1 Å². The molecule has 2 rings (SSSR count). The highest BCUT2D eigenvalue weighted by molar-refractivity contribution is 5.90. The lowest BCUT2D eigenvalue weighted by Crippen LogP contribution is -2.07. The zero-order valence-electron chi connectivity index (χ0n) is 10.1. The van der Waals surface area contributed by atoms with Crippen molar-refractivity contribution in [2.75, 3.05) is 6.61 Å². The van der Waals surface area contributed by atoms with Crippen LogP contribution in [0.25, 0.3) is 5.57 Å².